The smallest absolute Gasteiger partial charge is 0.297 e. The van der Waals surface area contributed by atoms with Crippen LogP contribution in [-0.4, -0.2) is 27.2 Å². The Kier molecular flexibility index (Phi) is 11.7. The summed E-state index contributed by atoms with van der Waals surface area (Å²) in [6.07, 6.45) is 19.8. The molecule has 0 spiro atoms. The average molecular weight is 437 g/mol. The summed E-state index contributed by atoms with van der Waals surface area (Å²) in [5.74, 6) is 0. The third kappa shape index (κ3) is 10.2. The second kappa shape index (κ2) is 14.0. The minimum atomic E-state index is -3.70. The lowest BCUT2D eigenvalue weighted by Gasteiger charge is -2.04. The Morgan fingerprint density at radius 1 is 0.867 bits per heavy atom. The molecule has 0 aromatic heterocycles. The molecule has 1 fully saturated rings. The van der Waals surface area contributed by atoms with E-state index in [1.807, 2.05) is 6.92 Å². The van der Waals surface area contributed by atoms with Gasteiger partial charge in [0, 0.05) is 0 Å². The van der Waals surface area contributed by atoms with Gasteiger partial charge in [-0.25, -0.2) is 0 Å². The van der Waals surface area contributed by atoms with Crippen LogP contribution in [0.3, 0.4) is 0 Å². The number of ether oxygens (including phenoxy) is 1. The van der Waals surface area contributed by atoms with Crippen LogP contribution in [0.5, 0.6) is 0 Å². The second-order valence-corrected chi connectivity index (χ2v) is 10.0. The van der Waals surface area contributed by atoms with Crippen LogP contribution in [0.4, 0.5) is 0 Å². The molecule has 0 radical (unpaired) electrons. The Morgan fingerprint density at radius 2 is 1.47 bits per heavy atom. The number of unbranched alkanes of at least 4 members (excludes halogenated alkanes) is 9. The number of rotatable bonds is 17. The summed E-state index contributed by atoms with van der Waals surface area (Å²) in [5.41, 5.74) is 1.02. The van der Waals surface area contributed by atoms with E-state index in [9.17, 15) is 8.42 Å². The predicted octanol–water partition coefficient (Wildman–Crippen LogP) is 6.73. The van der Waals surface area contributed by atoms with Gasteiger partial charge in [0.25, 0.3) is 10.1 Å². The fourth-order valence-electron chi connectivity index (χ4n) is 3.58. The van der Waals surface area contributed by atoms with Gasteiger partial charge in [-0.1, -0.05) is 88.1 Å². The minimum Gasteiger partial charge on any atom is -0.367 e. The predicted molar refractivity (Wildman–Crippen MR) is 123 cm³/mol. The van der Waals surface area contributed by atoms with E-state index in [0.717, 1.165) is 24.8 Å². The number of aryl methyl sites for hydroxylation is 1. The Labute approximate surface area is 184 Å². The van der Waals surface area contributed by atoms with Crippen LogP contribution in [0.2, 0.25) is 0 Å². The van der Waals surface area contributed by atoms with Crippen molar-refractivity contribution in [2.45, 2.75) is 108 Å². The number of hydrogen-bond donors (Lipinski definition) is 0. The van der Waals surface area contributed by atoms with E-state index in [2.05, 4.69) is 19.1 Å². The zero-order chi connectivity index (χ0) is 21.7. The molecule has 1 aromatic rings. The summed E-state index contributed by atoms with van der Waals surface area (Å²) in [5, 5.41) is 0. The SMILES string of the molecule is CCCCCCCCCCC/C=C/CC[C@@H]1O[C@H]1COS(=O)(=O)c1ccc(C)cc1. The lowest BCUT2D eigenvalue weighted by molar-refractivity contribution is 0.263. The fourth-order valence-corrected chi connectivity index (χ4v) is 4.50. The molecule has 0 unspecified atom stereocenters. The van der Waals surface area contributed by atoms with E-state index < -0.39 is 10.1 Å². The first-order chi connectivity index (χ1) is 14.5. The maximum atomic E-state index is 12.2. The quantitative estimate of drug-likeness (QED) is 0.118. The van der Waals surface area contributed by atoms with E-state index >= 15 is 0 Å². The Bertz CT molecular complexity index is 709. The number of allylic oxidation sites excluding steroid dienone is 2. The summed E-state index contributed by atoms with van der Waals surface area (Å²) in [4.78, 5) is 0.199. The normalized spacial score (nSPS) is 18.9. The molecule has 170 valence electrons. The van der Waals surface area contributed by atoms with E-state index in [1.165, 1.54) is 57.8 Å². The molecule has 0 bridgehead atoms. The van der Waals surface area contributed by atoms with Gasteiger partial charge in [0.05, 0.1) is 17.6 Å². The standard InChI is InChI=1S/C25H40O4S/c1-3-4-5-6-7-8-9-10-11-12-13-14-15-16-24-25(29-24)21-28-30(26,27)23-19-17-22(2)18-20-23/h13-14,17-20,24-25H,3-12,15-16,21H2,1-2H3/b14-13+/t24-,25-/m0/s1. The molecule has 1 aliphatic rings. The highest BCUT2D eigenvalue weighted by Gasteiger charge is 2.39. The zero-order valence-electron chi connectivity index (χ0n) is 18.9. The van der Waals surface area contributed by atoms with Crippen molar-refractivity contribution in [2.75, 3.05) is 6.61 Å². The Balaban J connectivity index is 1.45. The summed E-state index contributed by atoms with van der Waals surface area (Å²) < 4.78 is 35.1. The molecule has 2 atom stereocenters. The molecule has 4 nitrogen and oxygen atoms in total. The molecule has 0 saturated carbocycles. The summed E-state index contributed by atoms with van der Waals surface area (Å²) >= 11 is 0. The fraction of sp³-hybridized carbons (Fsp3) is 0.680. The first-order valence-electron chi connectivity index (χ1n) is 11.8. The van der Waals surface area contributed by atoms with Gasteiger partial charge in [-0.15, -0.1) is 0 Å². The van der Waals surface area contributed by atoms with Crippen LogP contribution < -0.4 is 0 Å². The topological polar surface area (TPSA) is 55.9 Å². The molecule has 0 aliphatic carbocycles. The first-order valence-corrected chi connectivity index (χ1v) is 13.2. The number of benzene rings is 1. The summed E-state index contributed by atoms with van der Waals surface area (Å²) in [6, 6.07) is 6.70. The van der Waals surface area contributed by atoms with Gasteiger partial charge in [0.2, 0.25) is 0 Å². The van der Waals surface area contributed by atoms with Gasteiger partial charge in [-0.3, -0.25) is 4.18 Å². The highest BCUT2D eigenvalue weighted by molar-refractivity contribution is 7.86. The van der Waals surface area contributed by atoms with Crippen molar-refractivity contribution in [1.82, 2.24) is 0 Å². The van der Waals surface area contributed by atoms with Crippen LogP contribution in [0.25, 0.3) is 0 Å². The molecule has 1 heterocycles. The molecule has 5 heteroatoms. The molecular weight excluding hydrogens is 396 g/mol. The molecular formula is C25H40O4S. The number of epoxide rings is 1. The van der Waals surface area contributed by atoms with Crippen LogP contribution in [0.15, 0.2) is 41.3 Å². The molecule has 0 amide bonds. The lowest BCUT2D eigenvalue weighted by Crippen LogP contribution is -2.12. The monoisotopic (exact) mass is 436 g/mol. The van der Waals surface area contributed by atoms with Crippen molar-refractivity contribution in [1.29, 1.82) is 0 Å². The van der Waals surface area contributed by atoms with Gasteiger partial charge in [-0.05, 0) is 44.7 Å². The van der Waals surface area contributed by atoms with E-state index in [1.54, 1.807) is 24.3 Å². The van der Waals surface area contributed by atoms with E-state index in [-0.39, 0.29) is 23.7 Å². The summed E-state index contributed by atoms with van der Waals surface area (Å²) in [7, 11) is -3.70. The van der Waals surface area contributed by atoms with Crippen molar-refractivity contribution in [3.8, 4) is 0 Å². The third-order valence-corrected chi connectivity index (χ3v) is 6.94. The molecule has 1 aromatic carbocycles. The second-order valence-electron chi connectivity index (χ2n) is 8.43. The Morgan fingerprint density at radius 3 is 2.13 bits per heavy atom. The summed E-state index contributed by atoms with van der Waals surface area (Å²) in [6.45, 7) is 4.28. The lowest BCUT2D eigenvalue weighted by atomic mass is 10.1. The largest absolute Gasteiger partial charge is 0.367 e. The van der Waals surface area contributed by atoms with Crippen molar-refractivity contribution < 1.29 is 17.3 Å². The minimum absolute atomic E-state index is 0.100. The van der Waals surface area contributed by atoms with Crippen molar-refractivity contribution in [3.63, 3.8) is 0 Å². The highest BCUT2D eigenvalue weighted by Crippen LogP contribution is 2.28. The third-order valence-electron chi connectivity index (χ3n) is 5.64. The van der Waals surface area contributed by atoms with Crippen molar-refractivity contribution in [2.24, 2.45) is 0 Å². The van der Waals surface area contributed by atoms with Crippen LogP contribution in [0, 0.1) is 6.92 Å². The van der Waals surface area contributed by atoms with Gasteiger partial charge >= 0.3 is 0 Å². The van der Waals surface area contributed by atoms with Gasteiger partial charge < -0.3 is 4.74 Å². The van der Waals surface area contributed by atoms with E-state index in [0.29, 0.717) is 0 Å². The molecule has 1 saturated heterocycles. The molecule has 30 heavy (non-hydrogen) atoms. The van der Waals surface area contributed by atoms with Gasteiger partial charge in [-0.2, -0.15) is 8.42 Å². The van der Waals surface area contributed by atoms with E-state index in [4.69, 9.17) is 8.92 Å². The van der Waals surface area contributed by atoms with Crippen molar-refractivity contribution in [3.05, 3.63) is 42.0 Å². The van der Waals surface area contributed by atoms with Crippen LogP contribution in [-0.2, 0) is 19.0 Å². The van der Waals surface area contributed by atoms with Gasteiger partial charge in [0.1, 0.15) is 6.10 Å². The molecule has 1 aliphatic heterocycles. The average Bonchev–Trinajstić information content (AvgIpc) is 3.49. The zero-order valence-corrected chi connectivity index (χ0v) is 19.7. The van der Waals surface area contributed by atoms with Crippen LogP contribution >= 0.6 is 0 Å². The molecule has 2 rings (SSSR count). The number of hydrogen-bond acceptors (Lipinski definition) is 4. The highest BCUT2D eigenvalue weighted by atomic mass is 32.2. The van der Waals surface area contributed by atoms with Crippen LogP contribution in [0.1, 0.15) is 89.5 Å². The maximum absolute atomic E-state index is 12.2. The first kappa shape index (κ1) is 25.1. The maximum Gasteiger partial charge on any atom is 0.297 e. The Hall–Kier alpha value is -1.17. The van der Waals surface area contributed by atoms with Gasteiger partial charge in [0.15, 0.2) is 0 Å². The van der Waals surface area contributed by atoms with Crippen molar-refractivity contribution >= 4 is 10.1 Å². The molecule has 0 N–H and O–H groups in total.